The monoisotopic (exact) mass is 373 g/mol. The first-order chi connectivity index (χ1) is 13.5. The molecule has 5 heteroatoms. The van der Waals surface area contributed by atoms with Crippen LogP contribution in [0.2, 0.25) is 0 Å². The molecule has 0 aliphatic carbocycles. The van der Waals surface area contributed by atoms with Crippen LogP contribution < -0.4 is 4.90 Å². The van der Waals surface area contributed by atoms with Crippen LogP contribution in [0.5, 0.6) is 0 Å². The van der Waals surface area contributed by atoms with Gasteiger partial charge in [0.1, 0.15) is 11.4 Å². The Labute approximate surface area is 164 Å². The van der Waals surface area contributed by atoms with Crippen molar-refractivity contribution in [2.24, 2.45) is 10.9 Å². The number of rotatable bonds is 1. The number of aliphatic imine (C=N–C) groups is 1. The van der Waals surface area contributed by atoms with Crippen molar-refractivity contribution < 1.29 is 9.21 Å². The van der Waals surface area contributed by atoms with Crippen LogP contribution >= 0.6 is 0 Å². The third-order valence-corrected chi connectivity index (χ3v) is 5.93. The molecular formula is C23H23N3O2. The summed E-state index contributed by atoms with van der Waals surface area (Å²) in [5.41, 5.74) is 6.49. The van der Waals surface area contributed by atoms with Crippen molar-refractivity contribution in [2.75, 3.05) is 11.4 Å². The molecule has 5 nitrogen and oxygen atoms in total. The highest BCUT2D eigenvalue weighted by molar-refractivity contribution is 6.21. The Morgan fingerprint density at radius 2 is 1.89 bits per heavy atom. The third-order valence-electron chi connectivity index (χ3n) is 5.93. The number of Topliss-reactive ketones (excluding diaryl/α,β-unsaturated/α-hetero) is 1. The van der Waals surface area contributed by atoms with Gasteiger partial charge in [-0.15, -0.1) is 0 Å². The van der Waals surface area contributed by atoms with E-state index in [2.05, 4.69) is 29.8 Å². The second kappa shape index (κ2) is 6.30. The number of carbonyl (C=O) groups is 1. The average molecular weight is 373 g/mol. The Bertz CT molecular complexity index is 1140. The molecule has 0 saturated carbocycles. The summed E-state index contributed by atoms with van der Waals surface area (Å²) in [6.45, 7) is 6.82. The number of carbonyl (C=O) groups excluding carboxylic acids is 1. The van der Waals surface area contributed by atoms with Crippen LogP contribution in [-0.4, -0.2) is 23.1 Å². The lowest BCUT2D eigenvalue weighted by Crippen LogP contribution is -2.40. The van der Waals surface area contributed by atoms with Gasteiger partial charge in [-0.3, -0.25) is 4.79 Å². The molecule has 1 aromatic heterocycles. The zero-order valence-electron chi connectivity index (χ0n) is 16.5. The molecule has 1 atom stereocenters. The largest absolute Gasteiger partial charge is 0.441 e. The Morgan fingerprint density at radius 3 is 2.75 bits per heavy atom. The van der Waals surface area contributed by atoms with E-state index in [1.807, 2.05) is 31.2 Å². The molecule has 2 aromatic carbocycles. The zero-order valence-corrected chi connectivity index (χ0v) is 16.5. The topological polar surface area (TPSA) is 58.7 Å². The van der Waals surface area contributed by atoms with Gasteiger partial charge in [-0.25, -0.2) is 9.98 Å². The van der Waals surface area contributed by atoms with Gasteiger partial charge in [0.05, 0.1) is 11.6 Å². The van der Waals surface area contributed by atoms with Gasteiger partial charge in [-0.05, 0) is 62.1 Å². The van der Waals surface area contributed by atoms with Crippen molar-refractivity contribution in [2.45, 2.75) is 40.0 Å². The lowest BCUT2D eigenvalue weighted by Gasteiger charge is -2.31. The van der Waals surface area contributed by atoms with Gasteiger partial charge in [0.25, 0.3) is 0 Å². The molecule has 3 heterocycles. The van der Waals surface area contributed by atoms with Crippen LogP contribution in [0.4, 0.5) is 11.4 Å². The van der Waals surface area contributed by atoms with E-state index in [0.29, 0.717) is 5.89 Å². The Kier molecular flexibility index (Phi) is 3.86. The molecule has 1 fully saturated rings. The average Bonchev–Trinajstić information content (AvgIpc) is 2.90. The summed E-state index contributed by atoms with van der Waals surface area (Å²) in [4.78, 5) is 24.9. The summed E-state index contributed by atoms with van der Waals surface area (Å²) in [6, 6.07) is 10.1. The van der Waals surface area contributed by atoms with Crippen molar-refractivity contribution >= 4 is 34.1 Å². The van der Waals surface area contributed by atoms with Crippen molar-refractivity contribution in [3.05, 3.63) is 52.9 Å². The van der Waals surface area contributed by atoms with E-state index in [1.165, 1.54) is 0 Å². The van der Waals surface area contributed by atoms with Crippen LogP contribution in [0.3, 0.4) is 0 Å². The fraction of sp³-hybridized carbons (Fsp3) is 0.348. The number of benzene rings is 2. The van der Waals surface area contributed by atoms with Gasteiger partial charge < -0.3 is 9.32 Å². The number of fused-ring (bicyclic) bond motifs is 3. The lowest BCUT2D eigenvalue weighted by molar-refractivity contribution is 0.0947. The second-order valence-corrected chi connectivity index (χ2v) is 7.87. The molecule has 0 radical (unpaired) electrons. The lowest BCUT2D eigenvalue weighted by atomic mass is 9.87. The summed E-state index contributed by atoms with van der Waals surface area (Å²) in [5.74, 6) is 1.55. The smallest absolute Gasteiger partial charge is 0.192 e. The maximum Gasteiger partial charge on any atom is 0.192 e. The summed E-state index contributed by atoms with van der Waals surface area (Å²) in [6.07, 6.45) is 2.91. The van der Waals surface area contributed by atoms with E-state index in [-0.39, 0.29) is 11.7 Å². The minimum absolute atomic E-state index is 0.177. The molecule has 0 N–H and O–H groups in total. The molecule has 2 aliphatic heterocycles. The summed E-state index contributed by atoms with van der Waals surface area (Å²) >= 11 is 0. The SMILES string of the molecule is Cc1nc2ccc(N3CCCCC4C(=O)c5cc(C)c(C)cc5N=C43)cc2o1. The van der Waals surface area contributed by atoms with E-state index < -0.39 is 0 Å². The van der Waals surface area contributed by atoms with Gasteiger partial charge in [0.15, 0.2) is 17.3 Å². The molecule has 0 spiro atoms. The van der Waals surface area contributed by atoms with Crippen molar-refractivity contribution in [1.82, 2.24) is 4.98 Å². The van der Waals surface area contributed by atoms with Crippen molar-refractivity contribution in [1.29, 1.82) is 0 Å². The van der Waals surface area contributed by atoms with E-state index in [9.17, 15) is 4.79 Å². The van der Waals surface area contributed by atoms with Gasteiger partial charge >= 0.3 is 0 Å². The number of hydrogen-bond acceptors (Lipinski definition) is 5. The first-order valence-corrected chi connectivity index (χ1v) is 9.90. The molecule has 0 bridgehead atoms. The summed E-state index contributed by atoms with van der Waals surface area (Å²) in [5, 5.41) is 0. The molecular weight excluding hydrogens is 350 g/mol. The quantitative estimate of drug-likeness (QED) is 0.582. The highest BCUT2D eigenvalue weighted by Gasteiger charge is 2.36. The van der Waals surface area contributed by atoms with Crippen LogP contribution in [0.15, 0.2) is 39.7 Å². The molecule has 5 rings (SSSR count). The van der Waals surface area contributed by atoms with Crippen molar-refractivity contribution in [3.63, 3.8) is 0 Å². The van der Waals surface area contributed by atoms with Crippen LogP contribution in [0.25, 0.3) is 11.1 Å². The number of oxazole rings is 1. The van der Waals surface area contributed by atoms with Gasteiger partial charge in [-0.2, -0.15) is 0 Å². The molecule has 1 saturated heterocycles. The van der Waals surface area contributed by atoms with E-state index in [1.54, 1.807) is 0 Å². The standard InChI is InChI=1S/C23H23N3O2/c1-13-10-18-20(11-14(13)2)25-23-17(22(18)27)6-4-5-9-26(23)16-7-8-19-21(12-16)28-15(3)24-19/h7-8,10-12,17H,4-6,9H2,1-3H3. The minimum Gasteiger partial charge on any atom is -0.441 e. The van der Waals surface area contributed by atoms with E-state index in [0.717, 1.165) is 70.8 Å². The minimum atomic E-state index is -0.177. The predicted molar refractivity (Wildman–Crippen MR) is 111 cm³/mol. The normalized spacial score (nSPS) is 19.2. The maximum absolute atomic E-state index is 13.3. The number of aryl methyl sites for hydroxylation is 3. The fourth-order valence-electron chi connectivity index (χ4n) is 4.30. The molecule has 3 aromatic rings. The zero-order chi connectivity index (χ0) is 19.4. The molecule has 0 amide bonds. The highest BCUT2D eigenvalue weighted by atomic mass is 16.3. The highest BCUT2D eigenvalue weighted by Crippen LogP contribution is 2.37. The van der Waals surface area contributed by atoms with Crippen LogP contribution in [0, 0.1) is 26.7 Å². The number of aromatic nitrogens is 1. The Hall–Kier alpha value is -2.95. The van der Waals surface area contributed by atoms with Gasteiger partial charge in [0, 0.05) is 30.8 Å². The first kappa shape index (κ1) is 17.2. The van der Waals surface area contributed by atoms with Crippen molar-refractivity contribution in [3.8, 4) is 0 Å². The number of hydrogen-bond donors (Lipinski definition) is 0. The Morgan fingerprint density at radius 1 is 1.07 bits per heavy atom. The maximum atomic E-state index is 13.3. The van der Waals surface area contributed by atoms with E-state index >= 15 is 0 Å². The number of anilines is 1. The number of nitrogens with zero attached hydrogens (tertiary/aromatic N) is 3. The van der Waals surface area contributed by atoms with Gasteiger partial charge in [0.2, 0.25) is 0 Å². The predicted octanol–water partition coefficient (Wildman–Crippen LogP) is 5.29. The second-order valence-electron chi connectivity index (χ2n) is 7.87. The van der Waals surface area contributed by atoms with Crippen LogP contribution in [-0.2, 0) is 0 Å². The molecule has 2 aliphatic rings. The van der Waals surface area contributed by atoms with E-state index in [4.69, 9.17) is 9.41 Å². The fourth-order valence-corrected chi connectivity index (χ4v) is 4.30. The molecule has 1 unspecified atom stereocenters. The Balaban J connectivity index is 1.66. The molecule has 28 heavy (non-hydrogen) atoms. The number of amidine groups is 1. The molecule has 142 valence electrons. The third kappa shape index (κ3) is 2.65. The van der Waals surface area contributed by atoms with Crippen LogP contribution in [0.1, 0.15) is 46.6 Å². The summed E-state index contributed by atoms with van der Waals surface area (Å²) < 4.78 is 5.73. The van der Waals surface area contributed by atoms with Gasteiger partial charge in [-0.1, -0.05) is 6.42 Å². The number of ketones is 1. The summed E-state index contributed by atoms with van der Waals surface area (Å²) in [7, 11) is 0. The first-order valence-electron chi connectivity index (χ1n) is 9.90.